The summed E-state index contributed by atoms with van der Waals surface area (Å²) in [5.41, 5.74) is 0.454. The molecule has 7 heteroatoms. The summed E-state index contributed by atoms with van der Waals surface area (Å²) in [5.74, 6) is 1.39. The highest BCUT2D eigenvalue weighted by molar-refractivity contribution is 7.78. The van der Waals surface area contributed by atoms with Gasteiger partial charge in [-0.25, -0.2) is 5.41 Å². The fourth-order valence-electron chi connectivity index (χ4n) is 6.26. The van der Waals surface area contributed by atoms with Crippen LogP contribution < -0.4 is 4.74 Å². The molecule has 1 aromatic rings. The van der Waals surface area contributed by atoms with Crippen molar-refractivity contribution < 1.29 is 19.7 Å². The number of piperidine rings is 1. The Morgan fingerprint density at radius 1 is 1.36 bits per heavy atom. The number of rotatable bonds is 2. The number of aliphatic hydroxyl groups is 1. The highest BCUT2D eigenvalue weighted by atomic mass is 32.1. The largest absolute Gasteiger partial charge is 0.504 e. The molecule has 6 nitrogen and oxygen atoms in total. The summed E-state index contributed by atoms with van der Waals surface area (Å²) in [6.45, 7) is 1.95. The lowest BCUT2D eigenvalue weighted by Gasteiger charge is -2.62. The fourth-order valence-corrected chi connectivity index (χ4v) is 6.26. The van der Waals surface area contributed by atoms with Crippen LogP contribution in [-0.2, 0) is 16.6 Å². The van der Waals surface area contributed by atoms with Crippen molar-refractivity contribution in [2.45, 2.75) is 61.7 Å². The molecule has 0 radical (unpaired) electrons. The van der Waals surface area contributed by atoms with Crippen LogP contribution in [0.1, 0.15) is 43.2 Å². The summed E-state index contributed by atoms with van der Waals surface area (Å²) < 4.78 is 6.04. The SMILES string of the molecule is N=C=S.O=C1CC[C@@]2(O)[C@H]3Cc4ccc(O)c5c4[C@@]2(CCN3CC2CC2)[C@H]1O5. The Morgan fingerprint density at radius 2 is 2.11 bits per heavy atom. The molecule has 2 heterocycles. The van der Waals surface area contributed by atoms with Gasteiger partial charge >= 0.3 is 0 Å². The fraction of sp³-hybridized carbons (Fsp3) is 0.619. The maximum atomic E-state index is 12.7. The minimum atomic E-state index is -0.940. The number of nitrogens with one attached hydrogen (secondary N) is 1. The van der Waals surface area contributed by atoms with E-state index < -0.39 is 17.1 Å². The Kier molecular flexibility index (Phi) is 3.98. The van der Waals surface area contributed by atoms with E-state index in [1.54, 1.807) is 11.2 Å². The summed E-state index contributed by atoms with van der Waals surface area (Å²) in [6.07, 6.45) is 4.33. The third kappa shape index (κ3) is 2.19. The van der Waals surface area contributed by atoms with Crippen molar-refractivity contribution in [2.24, 2.45) is 5.92 Å². The molecular weight excluding hydrogens is 376 g/mol. The van der Waals surface area contributed by atoms with Gasteiger partial charge in [-0.2, -0.15) is 0 Å². The van der Waals surface area contributed by atoms with Gasteiger partial charge in [0, 0.05) is 24.6 Å². The van der Waals surface area contributed by atoms with E-state index in [-0.39, 0.29) is 17.6 Å². The zero-order valence-corrected chi connectivity index (χ0v) is 16.4. The lowest BCUT2D eigenvalue weighted by Crippen LogP contribution is -2.76. The molecule has 0 unspecified atom stereocenters. The second-order valence-corrected chi connectivity index (χ2v) is 9.02. The van der Waals surface area contributed by atoms with Crippen molar-refractivity contribution in [3.63, 3.8) is 0 Å². The highest BCUT2D eigenvalue weighted by Crippen LogP contribution is 2.64. The predicted octanol–water partition coefficient (Wildman–Crippen LogP) is 2.19. The molecule has 0 aromatic heterocycles. The maximum absolute atomic E-state index is 12.7. The number of benzene rings is 1. The molecule has 3 aliphatic carbocycles. The summed E-state index contributed by atoms with van der Waals surface area (Å²) in [4.78, 5) is 15.2. The van der Waals surface area contributed by atoms with Crippen LogP contribution in [0.4, 0.5) is 0 Å². The average molecular weight is 401 g/mol. The molecule has 3 N–H and O–H groups in total. The van der Waals surface area contributed by atoms with Crippen LogP contribution in [0.3, 0.4) is 0 Å². The molecule has 1 aromatic carbocycles. The maximum Gasteiger partial charge on any atom is 0.174 e. The van der Waals surface area contributed by atoms with Gasteiger partial charge in [0.05, 0.1) is 16.2 Å². The van der Waals surface area contributed by atoms with Crippen LogP contribution in [0.25, 0.3) is 0 Å². The van der Waals surface area contributed by atoms with Gasteiger partial charge in [0.2, 0.25) is 0 Å². The monoisotopic (exact) mass is 400 g/mol. The normalized spacial score (nSPS) is 37.2. The topological polar surface area (TPSA) is 93.9 Å². The predicted molar refractivity (Wildman–Crippen MR) is 105 cm³/mol. The number of nitrogens with zero attached hydrogens (tertiary/aromatic N) is 1. The van der Waals surface area contributed by atoms with Crippen LogP contribution in [0, 0.1) is 11.3 Å². The van der Waals surface area contributed by atoms with Crippen molar-refractivity contribution in [3.05, 3.63) is 23.3 Å². The van der Waals surface area contributed by atoms with E-state index in [9.17, 15) is 15.0 Å². The van der Waals surface area contributed by atoms with Crippen molar-refractivity contribution in [1.82, 2.24) is 4.90 Å². The molecule has 3 fully saturated rings. The van der Waals surface area contributed by atoms with Gasteiger partial charge in [0.1, 0.15) is 0 Å². The third-order valence-corrected chi connectivity index (χ3v) is 7.56. The molecule has 6 rings (SSSR count). The Morgan fingerprint density at radius 3 is 2.82 bits per heavy atom. The van der Waals surface area contributed by atoms with Gasteiger partial charge < -0.3 is 14.9 Å². The van der Waals surface area contributed by atoms with Crippen LogP contribution >= 0.6 is 12.2 Å². The summed E-state index contributed by atoms with van der Waals surface area (Å²) >= 11 is 3.81. The van der Waals surface area contributed by atoms with Gasteiger partial charge in [-0.1, -0.05) is 6.07 Å². The second-order valence-electron chi connectivity index (χ2n) is 8.82. The quantitative estimate of drug-likeness (QED) is 0.521. The minimum absolute atomic E-state index is 0.0454. The number of phenolic OH excluding ortho intramolecular Hbond substituents is 1. The standard InChI is InChI=1S/C20H23NO4.CHNS/c22-13-4-3-12-9-15-20(24)6-5-14(23)18-19(20,16(12)17(13)25-18)7-8-21(15)10-11-1-2-11;2-1-3/h3-4,11,15,18,22,24H,1-2,5-10H2;2H/t15-,18+,19+,20-;/m1./s1. The first-order valence-corrected chi connectivity index (χ1v) is 10.4. The van der Waals surface area contributed by atoms with Crippen molar-refractivity contribution >= 4 is 23.2 Å². The molecule has 28 heavy (non-hydrogen) atoms. The number of hydrogen-bond acceptors (Lipinski definition) is 7. The van der Waals surface area contributed by atoms with Crippen LogP contribution in [0.2, 0.25) is 0 Å². The Bertz CT molecular complexity index is 895. The minimum Gasteiger partial charge on any atom is -0.504 e. The van der Waals surface area contributed by atoms with Gasteiger partial charge in [0.25, 0.3) is 0 Å². The zero-order valence-electron chi connectivity index (χ0n) is 15.6. The number of phenols is 1. The van der Waals surface area contributed by atoms with Crippen molar-refractivity contribution in [1.29, 1.82) is 5.41 Å². The number of carbonyl (C=O) groups excluding carboxylic acids is 1. The van der Waals surface area contributed by atoms with E-state index in [1.807, 2.05) is 6.07 Å². The molecule has 2 bridgehead atoms. The van der Waals surface area contributed by atoms with Gasteiger partial charge in [0.15, 0.2) is 23.4 Å². The second kappa shape index (κ2) is 6.10. The Balaban J connectivity index is 0.000000538. The van der Waals surface area contributed by atoms with E-state index in [0.717, 1.165) is 43.0 Å². The van der Waals surface area contributed by atoms with E-state index >= 15 is 0 Å². The first kappa shape index (κ1) is 18.3. The molecule has 0 amide bonds. The van der Waals surface area contributed by atoms with Gasteiger partial charge in [-0.05, 0) is 68.4 Å². The number of aromatic hydroxyl groups is 1. The molecule has 1 saturated heterocycles. The number of Topliss-reactive ketones (excluding diaryl/α,β-unsaturated/α-hetero) is 1. The summed E-state index contributed by atoms with van der Waals surface area (Å²) in [5, 5.41) is 29.7. The first-order chi connectivity index (χ1) is 13.5. The van der Waals surface area contributed by atoms with Crippen LogP contribution in [0.5, 0.6) is 11.5 Å². The zero-order chi connectivity index (χ0) is 19.7. The molecule has 5 aliphatic rings. The van der Waals surface area contributed by atoms with E-state index in [1.165, 1.54) is 12.8 Å². The highest BCUT2D eigenvalue weighted by Gasteiger charge is 2.73. The smallest absolute Gasteiger partial charge is 0.174 e. The number of ketones is 1. The molecular formula is C21H24N2O4S. The van der Waals surface area contributed by atoms with E-state index in [4.69, 9.17) is 10.1 Å². The molecule has 2 saturated carbocycles. The average Bonchev–Trinajstić information content (AvgIpc) is 3.40. The summed E-state index contributed by atoms with van der Waals surface area (Å²) in [6, 6.07) is 3.69. The first-order valence-electron chi connectivity index (χ1n) is 10.0. The van der Waals surface area contributed by atoms with Crippen LogP contribution in [-0.4, -0.2) is 56.9 Å². The number of ether oxygens (including phenoxy) is 1. The Labute approximate surface area is 169 Å². The van der Waals surface area contributed by atoms with Crippen molar-refractivity contribution in [2.75, 3.05) is 13.1 Å². The van der Waals surface area contributed by atoms with Gasteiger partial charge in [-0.3, -0.25) is 9.69 Å². The molecule has 148 valence electrons. The number of hydrogen-bond donors (Lipinski definition) is 3. The van der Waals surface area contributed by atoms with E-state index in [0.29, 0.717) is 18.6 Å². The molecule has 1 spiro atoms. The number of thiocarbonyl (C=S) groups is 1. The lowest BCUT2D eigenvalue weighted by atomic mass is 9.49. The lowest BCUT2D eigenvalue weighted by molar-refractivity contribution is -0.188. The molecule has 4 atom stereocenters. The number of carbonyl (C=O) groups is 1. The van der Waals surface area contributed by atoms with Crippen LogP contribution in [0.15, 0.2) is 12.1 Å². The number of isothiocyanates is 1. The summed E-state index contributed by atoms with van der Waals surface area (Å²) in [7, 11) is 0. The molecule has 2 aliphatic heterocycles. The number of likely N-dealkylation sites (tertiary alicyclic amines) is 1. The van der Waals surface area contributed by atoms with Crippen molar-refractivity contribution in [3.8, 4) is 11.5 Å². The third-order valence-electron chi connectivity index (χ3n) is 7.56. The van der Waals surface area contributed by atoms with E-state index in [2.05, 4.69) is 17.1 Å². The Hall–Kier alpha value is -1.79. The van der Waals surface area contributed by atoms with Gasteiger partial charge in [-0.15, -0.1) is 0 Å².